The molecule has 0 spiro atoms. The van der Waals surface area contributed by atoms with E-state index in [4.69, 9.17) is 0 Å². The molecule has 2 rings (SSSR count). The summed E-state index contributed by atoms with van der Waals surface area (Å²) in [6.45, 7) is 1.84. The van der Waals surface area contributed by atoms with Gasteiger partial charge in [-0.3, -0.25) is 4.79 Å². The monoisotopic (exact) mass is 355 g/mol. The van der Waals surface area contributed by atoms with Gasteiger partial charge in [0.1, 0.15) is 15.3 Å². The van der Waals surface area contributed by atoms with E-state index in [1.807, 2.05) is 6.92 Å². The molecule has 1 N–H and O–H groups in total. The van der Waals surface area contributed by atoms with Gasteiger partial charge < -0.3 is 5.32 Å². The Labute approximate surface area is 139 Å². The highest BCUT2D eigenvalue weighted by atomic mass is 32.2. The molecule has 0 aliphatic carbocycles. The number of rotatable bonds is 7. The summed E-state index contributed by atoms with van der Waals surface area (Å²) in [5.74, 6) is -0.628. The third-order valence-corrected chi connectivity index (χ3v) is 6.89. The van der Waals surface area contributed by atoms with Crippen molar-refractivity contribution in [3.63, 3.8) is 0 Å². The molecule has 1 heterocycles. The molecule has 0 saturated carbocycles. The molecule has 1 aromatic carbocycles. The van der Waals surface area contributed by atoms with Crippen LogP contribution in [0.2, 0.25) is 0 Å². The summed E-state index contributed by atoms with van der Waals surface area (Å²) >= 11 is 1.13. The average molecular weight is 355 g/mol. The molecule has 7 heteroatoms. The van der Waals surface area contributed by atoms with Crippen LogP contribution in [0.15, 0.2) is 46.0 Å². The molecule has 2 aromatic rings. The fourth-order valence-corrected chi connectivity index (χ4v) is 5.04. The maximum Gasteiger partial charge on any atom is 0.220 e. The first-order valence-corrected chi connectivity index (χ1v) is 9.67. The Kier molecular flexibility index (Phi) is 5.90. The minimum atomic E-state index is -3.65. The molecule has 0 unspecified atom stereocenters. The molecule has 1 atom stereocenters. The third kappa shape index (κ3) is 4.39. The van der Waals surface area contributed by atoms with Gasteiger partial charge in [-0.1, -0.05) is 25.1 Å². The Balaban J connectivity index is 2.31. The number of nitrogens with one attached hydrogen (secondary N) is 1. The van der Waals surface area contributed by atoms with E-state index in [1.54, 1.807) is 11.4 Å². The fourth-order valence-electron chi connectivity index (χ4n) is 2.17. The second kappa shape index (κ2) is 7.70. The molecule has 0 saturated heterocycles. The molecule has 4 nitrogen and oxygen atoms in total. The lowest BCUT2D eigenvalue weighted by molar-refractivity contribution is -0.121. The first kappa shape index (κ1) is 17.6. The summed E-state index contributed by atoms with van der Waals surface area (Å²) < 4.78 is 39.0. The lowest BCUT2D eigenvalue weighted by Gasteiger charge is -2.18. The topological polar surface area (TPSA) is 63.2 Å². The fraction of sp³-hybridized carbons (Fsp3) is 0.312. The molecular formula is C16H18FNO3S2. The van der Waals surface area contributed by atoms with Crippen LogP contribution in [0, 0.1) is 5.82 Å². The van der Waals surface area contributed by atoms with Crippen molar-refractivity contribution < 1.29 is 17.6 Å². The van der Waals surface area contributed by atoms with E-state index in [9.17, 15) is 17.6 Å². The second-order valence-electron chi connectivity index (χ2n) is 5.07. The summed E-state index contributed by atoms with van der Waals surface area (Å²) in [4.78, 5) is 11.7. The van der Waals surface area contributed by atoms with E-state index in [1.165, 1.54) is 30.3 Å². The Morgan fingerprint density at radius 3 is 2.52 bits per heavy atom. The number of benzene rings is 1. The van der Waals surface area contributed by atoms with Crippen molar-refractivity contribution in [1.82, 2.24) is 5.32 Å². The largest absolute Gasteiger partial charge is 0.354 e. The highest BCUT2D eigenvalue weighted by Gasteiger charge is 2.30. The van der Waals surface area contributed by atoms with Crippen molar-refractivity contribution in [1.29, 1.82) is 0 Å². The van der Waals surface area contributed by atoms with Crippen molar-refractivity contribution in [3.05, 3.63) is 53.2 Å². The van der Waals surface area contributed by atoms with Crippen molar-refractivity contribution >= 4 is 27.1 Å². The summed E-state index contributed by atoms with van der Waals surface area (Å²) in [6, 6.07) is 8.52. The van der Waals surface area contributed by atoms with E-state index in [2.05, 4.69) is 5.32 Å². The molecule has 23 heavy (non-hydrogen) atoms. The van der Waals surface area contributed by atoms with Crippen LogP contribution in [0.4, 0.5) is 4.39 Å². The van der Waals surface area contributed by atoms with Gasteiger partial charge in [-0.05, 0) is 35.6 Å². The van der Waals surface area contributed by atoms with Crippen LogP contribution in [0.1, 0.15) is 30.6 Å². The maximum atomic E-state index is 13.1. The van der Waals surface area contributed by atoms with Crippen molar-refractivity contribution in [2.45, 2.75) is 29.2 Å². The van der Waals surface area contributed by atoms with E-state index in [-0.39, 0.29) is 16.7 Å². The first-order valence-electron chi connectivity index (χ1n) is 7.24. The number of amides is 1. The summed E-state index contributed by atoms with van der Waals surface area (Å²) in [5.41, 5.74) is 0.455. The summed E-state index contributed by atoms with van der Waals surface area (Å²) in [7, 11) is -3.65. The van der Waals surface area contributed by atoms with Crippen LogP contribution in [0.5, 0.6) is 0 Å². The molecule has 0 aliphatic rings. The lowest BCUT2D eigenvalue weighted by Crippen LogP contribution is -2.31. The van der Waals surface area contributed by atoms with E-state index in [0.29, 0.717) is 18.4 Å². The Bertz CT molecular complexity index is 740. The number of hydrogen-bond donors (Lipinski definition) is 1. The zero-order chi connectivity index (χ0) is 16.9. The zero-order valence-corrected chi connectivity index (χ0v) is 14.3. The number of sulfone groups is 1. The van der Waals surface area contributed by atoms with Gasteiger partial charge >= 0.3 is 0 Å². The van der Waals surface area contributed by atoms with Gasteiger partial charge in [-0.25, -0.2) is 12.8 Å². The van der Waals surface area contributed by atoms with Crippen LogP contribution in [0.25, 0.3) is 0 Å². The van der Waals surface area contributed by atoms with E-state index < -0.39 is 20.9 Å². The van der Waals surface area contributed by atoms with Gasteiger partial charge in [-0.15, -0.1) is 11.3 Å². The third-order valence-electron chi connectivity index (χ3n) is 3.35. The maximum absolute atomic E-state index is 13.1. The van der Waals surface area contributed by atoms with Gasteiger partial charge in [0, 0.05) is 13.0 Å². The smallest absolute Gasteiger partial charge is 0.220 e. The van der Waals surface area contributed by atoms with Crippen LogP contribution in [-0.4, -0.2) is 20.9 Å². The van der Waals surface area contributed by atoms with Crippen LogP contribution in [0.3, 0.4) is 0 Å². The molecule has 124 valence electrons. The normalized spacial score (nSPS) is 12.8. The molecule has 1 amide bonds. The van der Waals surface area contributed by atoms with Gasteiger partial charge in [0.15, 0.2) is 9.84 Å². The predicted octanol–water partition coefficient (Wildman–Crippen LogP) is 3.32. The number of carbonyl (C=O) groups is 1. The van der Waals surface area contributed by atoms with Gasteiger partial charge in [0.2, 0.25) is 5.91 Å². The van der Waals surface area contributed by atoms with Gasteiger partial charge in [-0.2, -0.15) is 0 Å². The Morgan fingerprint density at radius 2 is 1.96 bits per heavy atom. The molecule has 0 fully saturated rings. The minimum Gasteiger partial charge on any atom is -0.354 e. The average Bonchev–Trinajstić information content (AvgIpc) is 3.04. The summed E-state index contributed by atoms with van der Waals surface area (Å²) in [5, 5.41) is 3.40. The zero-order valence-electron chi connectivity index (χ0n) is 12.7. The van der Waals surface area contributed by atoms with Crippen LogP contribution < -0.4 is 5.32 Å². The Hall–Kier alpha value is -1.73. The number of thiophene rings is 1. The molecular weight excluding hydrogens is 337 g/mol. The van der Waals surface area contributed by atoms with E-state index >= 15 is 0 Å². The highest BCUT2D eigenvalue weighted by molar-refractivity contribution is 7.93. The standard InChI is InChI=1S/C16H18FNO3S2/c1-2-4-15(19)18-11-14(12-6-8-13(17)9-7-12)23(20,21)16-5-3-10-22-16/h3,5-10,14H,2,4,11H2,1H3,(H,18,19)/t14-/m1/s1. The quantitative estimate of drug-likeness (QED) is 0.829. The van der Waals surface area contributed by atoms with Crippen LogP contribution in [-0.2, 0) is 14.6 Å². The lowest BCUT2D eigenvalue weighted by atomic mass is 10.1. The predicted molar refractivity (Wildman–Crippen MR) is 88.6 cm³/mol. The molecule has 0 radical (unpaired) electrons. The Morgan fingerprint density at radius 1 is 1.26 bits per heavy atom. The highest BCUT2D eigenvalue weighted by Crippen LogP contribution is 2.31. The number of carbonyl (C=O) groups excluding carboxylic acids is 1. The second-order valence-corrected chi connectivity index (χ2v) is 8.38. The molecule has 0 aliphatic heterocycles. The first-order chi connectivity index (χ1) is 10.9. The summed E-state index contributed by atoms with van der Waals surface area (Å²) in [6.07, 6.45) is 1.03. The van der Waals surface area contributed by atoms with Crippen molar-refractivity contribution in [2.24, 2.45) is 0 Å². The van der Waals surface area contributed by atoms with Gasteiger partial charge in [0.25, 0.3) is 0 Å². The SMILES string of the molecule is CCCC(=O)NC[C@H](c1ccc(F)cc1)S(=O)(=O)c1cccs1. The minimum absolute atomic E-state index is 0.0370. The van der Waals surface area contributed by atoms with Gasteiger partial charge in [0.05, 0.1) is 0 Å². The number of hydrogen-bond acceptors (Lipinski definition) is 4. The van der Waals surface area contributed by atoms with Crippen molar-refractivity contribution in [2.75, 3.05) is 6.54 Å². The number of halogens is 1. The molecule has 0 bridgehead atoms. The van der Waals surface area contributed by atoms with Crippen LogP contribution >= 0.6 is 11.3 Å². The van der Waals surface area contributed by atoms with E-state index in [0.717, 1.165) is 11.3 Å². The molecule has 1 aromatic heterocycles. The van der Waals surface area contributed by atoms with Crippen molar-refractivity contribution in [3.8, 4) is 0 Å².